The van der Waals surface area contributed by atoms with Crippen molar-refractivity contribution in [3.05, 3.63) is 17.5 Å². The Morgan fingerprint density at radius 3 is 2.71 bits per heavy atom. The van der Waals surface area contributed by atoms with Gasteiger partial charge in [0.25, 0.3) is 5.91 Å². The highest BCUT2D eigenvalue weighted by atomic mass is 16.5. The number of hydrogen-bond acceptors (Lipinski definition) is 6. The summed E-state index contributed by atoms with van der Waals surface area (Å²) in [6.45, 7) is 2.68. The van der Waals surface area contributed by atoms with Crippen molar-refractivity contribution in [3.63, 3.8) is 0 Å². The molecule has 0 aromatic carbocycles. The molecule has 2 rings (SSSR count). The third-order valence-corrected chi connectivity index (χ3v) is 3.12. The third-order valence-electron chi connectivity index (χ3n) is 3.12. The van der Waals surface area contributed by atoms with Gasteiger partial charge in [0.1, 0.15) is 6.54 Å². The van der Waals surface area contributed by atoms with Crippen LogP contribution >= 0.6 is 0 Å². The van der Waals surface area contributed by atoms with E-state index in [0.29, 0.717) is 12.3 Å². The van der Waals surface area contributed by atoms with Crippen LogP contribution in [0.2, 0.25) is 0 Å². The second-order valence-corrected chi connectivity index (χ2v) is 4.72. The summed E-state index contributed by atoms with van der Waals surface area (Å²) < 4.78 is 4.96. The minimum atomic E-state index is -0.583. The van der Waals surface area contributed by atoms with Gasteiger partial charge in [0.05, 0.1) is 13.1 Å². The lowest BCUT2D eigenvalue weighted by molar-refractivity contribution is -0.150. The van der Waals surface area contributed by atoms with Crippen molar-refractivity contribution in [2.75, 3.05) is 19.6 Å². The molecule has 1 aliphatic rings. The highest BCUT2D eigenvalue weighted by Crippen LogP contribution is 2.12. The van der Waals surface area contributed by atoms with E-state index in [1.165, 1.54) is 15.9 Å². The van der Waals surface area contributed by atoms with Gasteiger partial charge < -0.3 is 14.3 Å². The van der Waals surface area contributed by atoms with E-state index >= 15 is 0 Å². The van der Waals surface area contributed by atoms with Crippen molar-refractivity contribution in [2.24, 2.45) is 5.84 Å². The molecule has 1 aromatic heterocycles. The van der Waals surface area contributed by atoms with E-state index in [1.807, 2.05) is 12.3 Å². The maximum Gasteiger partial charge on any atom is 0.287 e. The van der Waals surface area contributed by atoms with Crippen LogP contribution in [0.4, 0.5) is 0 Å². The van der Waals surface area contributed by atoms with Gasteiger partial charge >= 0.3 is 0 Å². The Morgan fingerprint density at radius 2 is 2.05 bits per heavy atom. The third kappa shape index (κ3) is 3.37. The second-order valence-electron chi connectivity index (χ2n) is 4.72. The summed E-state index contributed by atoms with van der Waals surface area (Å²) in [6.07, 6.45) is 0.804. The number of carbonyl (C=O) groups excluding carboxylic acids is 3. The number of nitrogens with zero attached hydrogens (tertiary/aromatic N) is 3. The van der Waals surface area contributed by atoms with Crippen molar-refractivity contribution in [1.29, 1.82) is 0 Å². The largest absolute Gasteiger partial charge is 0.359 e. The molecule has 0 aliphatic carbocycles. The predicted molar refractivity (Wildman–Crippen MR) is 70.4 cm³/mol. The normalized spacial score (nSPS) is 15.5. The summed E-state index contributed by atoms with van der Waals surface area (Å²) in [7, 11) is 0. The van der Waals surface area contributed by atoms with E-state index in [9.17, 15) is 14.4 Å². The summed E-state index contributed by atoms with van der Waals surface area (Å²) >= 11 is 0. The fraction of sp³-hybridized carbons (Fsp3) is 0.500. The van der Waals surface area contributed by atoms with Crippen molar-refractivity contribution < 1.29 is 18.9 Å². The number of carbonyl (C=O) groups is 3. The van der Waals surface area contributed by atoms with Crippen LogP contribution in [0.5, 0.6) is 0 Å². The standard InChI is InChI=1S/C12H17N5O4/c1-2-3-16-6-11(19)17(7-10(16)18)5-8-4-9(15-21-8)12(20)14-13/h4H,2-3,5-7,13H2,1H3,(H,14,20). The van der Waals surface area contributed by atoms with E-state index in [2.05, 4.69) is 5.16 Å². The quantitative estimate of drug-likeness (QED) is 0.402. The molecule has 21 heavy (non-hydrogen) atoms. The predicted octanol–water partition coefficient (Wildman–Crippen LogP) is -1.14. The van der Waals surface area contributed by atoms with E-state index < -0.39 is 5.91 Å². The number of hydrogen-bond donors (Lipinski definition) is 2. The zero-order chi connectivity index (χ0) is 15.4. The molecular formula is C12H17N5O4. The lowest BCUT2D eigenvalue weighted by atomic mass is 10.2. The zero-order valence-electron chi connectivity index (χ0n) is 11.7. The van der Waals surface area contributed by atoms with Gasteiger partial charge in [-0.2, -0.15) is 0 Å². The first-order valence-electron chi connectivity index (χ1n) is 6.57. The SMILES string of the molecule is CCCN1CC(=O)N(Cc2cc(C(=O)NN)no2)CC1=O. The van der Waals surface area contributed by atoms with Gasteiger partial charge in [0, 0.05) is 12.6 Å². The average Bonchev–Trinajstić information content (AvgIpc) is 2.92. The minimum Gasteiger partial charge on any atom is -0.359 e. The molecule has 0 bridgehead atoms. The molecule has 1 aliphatic heterocycles. The zero-order valence-corrected chi connectivity index (χ0v) is 11.7. The molecule has 0 unspecified atom stereocenters. The second kappa shape index (κ2) is 6.35. The number of piperazine rings is 1. The van der Waals surface area contributed by atoms with Crippen LogP contribution in [0.1, 0.15) is 29.6 Å². The number of rotatable bonds is 5. The van der Waals surface area contributed by atoms with Crippen molar-refractivity contribution in [2.45, 2.75) is 19.9 Å². The van der Waals surface area contributed by atoms with E-state index in [0.717, 1.165) is 6.42 Å². The number of hydrazine groups is 1. The molecule has 1 fully saturated rings. The Kier molecular flexibility index (Phi) is 4.53. The fourth-order valence-electron chi connectivity index (χ4n) is 2.08. The molecular weight excluding hydrogens is 278 g/mol. The Balaban J connectivity index is 2.00. The van der Waals surface area contributed by atoms with Crippen LogP contribution in [0, 0.1) is 0 Å². The highest BCUT2D eigenvalue weighted by molar-refractivity contribution is 5.93. The first kappa shape index (κ1) is 15.0. The first-order chi connectivity index (χ1) is 10.0. The van der Waals surface area contributed by atoms with Crippen molar-refractivity contribution in [1.82, 2.24) is 20.4 Å². The molecule has 9 heteroatoms. The molecule has 3 amide bonds. The lowest BCUT2D eigenvalue weighted by Gasteiger charge is -2.33. The van der Waals surface area contributed by atoms with Gasteiger partial charge in [-0.1, -0.05) is 12.1 Å². The summed E-state index contributed by atoms with van der Waals surface area (Å²) in [4.78, 5) is 38.1. The van der Waals surface area contributed by atoms with E-state index in [1.54, 1.807) is 0 Å². The summed E-state index contributed by atoms with van der Waals surface area (Å²) in [5.74, 6) is 4.46. The Hall–Kier alpha value is -2.42. The minimum absolute atomic E-state index is 0.00203. The number of amides is 3. The maximum absolute atomic E-state index is 12.0. The maximum atomic E-state index is 12.0. The summed E-state index contributed by atoms with van der Waals surface area (Å²) in [5, 5.41) is 3.54. The smallest absolute Gasteiger partial charge is 0.287 e. The van der Waals surface area contributed by atoms with Gasteiger partial charge in [-0.15, -0.1) is 0 Å². The molecule has 1 saturated heterocycles. The molecule has 114 valence electrons. The summed E-state index contributed by atoms with van der Waals surface area (Å²) in [6, 6.07) is 1.39. The Morgan fingerprint density at radius 1 is 1.38 bits per heavy atom. The van der Waals surface area contributed by atoms with E-state index in [-0.39, 0.29) is 37.1 Å². The van der Waals surface area contributed by atoms with Gasteiger partial charge in [0.15, 0.2) is 11.5 Å². The number of nitrogens with one attached hydrogen (secondary N) is 1. The van der Waals surface area contributed by atoms with Crippen LogP contribution in [0.15, 0.2) is 10.6 Å². The Bertz CT molecular complexity index is 556. The summed E-state index contributed by atoms with van der Waals surface area (Å²) in [5.41, 5.74) is 1.96. The number of nitrogen functional groups attached to an aromatic ring is 1. The molecule has 0 radical (unpaired) electrons. The molecule has 0 saturated carbocycles. The number of nitrogens with two attached hydrogens (primary N) is 1. The monoisotopic (exact) mass is 295 g/mol. The van der Waals surface area contributed by atoms with Crippen molar-refractivity contribution >= 4 is 17.7 Å². The molecule has 2 heterocycles. The molecule has 3 N–H and O–H groups in total. The number of aromatic nitrogens is 1. The lowest BCUT2D eigenvalue weighted by Crippen LogP contribution is -2.53. The van der Waals surface area contributed by atoms with Gasteiger partial charge in [-0.05, 0) is 6.42 Å². The first-order valence-corrected chi connectivity index (χ1v) is 6.57. The van der Waals surface area contributed by atoms with Gasteiger partial charge in [-0.3, -0.25) is 19.8 Å². The van der Waals surface area contributed by atoms with Gasteiger partial charge in [0.2, 0.25) is 11.8 Å². The van der Waals surface area contributed by atoms with Crippen molar-refractivity contribution in [3.8, 4) is 0 Å². The van der Waals surface area contributed by atoms with Crippen LogP contribution < -0.4 is 11.3 Å². The molecule has 9 nitrogen and oxygen atoms in total. The molecule has 0 spiro atoms. The highest BCUT2D eigenvalue weighted by Gasteiger charge is 2.30. The topological polar surface area (TPSA) is 122 Å². The van der Waals surface area contributed by atoms with Crippen LogP contribution in [0.25, 0.3) is 0 Å². The molecule has 1 aromatic rings. The van der Waals surface area contributed by atoms with Crippen LogP contribution in [-0.2, 0) is 16.1 Å². The van der Waals surface area contributed by atoms with E-state index in [4.69, 9.17) is 10.4 Å². The molecule has 0 atom stereocenters. The fourth-order valence-corrected chi connectivity index (χ4v) is 2.08. The average molecular weight is 295 g/mol. The Labute approximate surface area is 121 Å². The van der Waals surface area contributed by atoms with Crippen LogP contribution in [-0.4, -0.2) is 52.3 Å². The van der Waals surface area contributed by atoms with Gasteiger partial charge in [-0.25, -0.2) is 5.84 Å². The van der Waals surface area contributed by atoms with Crippen LogP contribution in [0.3, 0.4) is 0 Å².